The predicted octanol–water partition coefficient (Wildman–Crippen LogP) is 6.42. The van der Waals surface area contributed by atoms with Gasteiger partial charge in [-0.2, -0.15) is 5.26 Å². The summed E-state index contributed by atoms with van der Waals surface area (Å²) in [5.41, 5.74) is 0.362. The number of nitrogens with zero attached hydrogens (tertiary/aromatic N) is 1. The number of hydrogen-bond acceptors (Lipinski definition) is 8. The Bertz CT molecular complexity index is 1260. The van der Waals surface area contributed by atoms with E-state index in [1.54, 1.807) is 49.4 Å². The predicted molar refractivity (Wildman–Crippen MR) is 161 cm³/mol. The van der Waals surface area contributed by atoms with E-state index >= 15 is 0 Å². The molecule has 10 heteroatoms. The van der Waals surface area contributed by atoms with E-state index in [2.05, 4.69) is 16.7 Å². The summed E-state index contributed by atoms with van der Waals surface area (Å²) < 4.78 is 22.3. The summed E-state index contributed by atoms with van der Waals surface area (Å²) in [6.45, 7) is 8.07. The highest BCUT2D eigenvalue weighted by Crippen LogP contribution is 2.29. The van der Waals surface area contributed by atoms with Crippen molar-refractivity contribution in [2.24, 2.45) is 0 Å². The first-order valence-electron chi connectivity index (χ1n) is 15.0. The zero-order valence-electron chi connectivity index (χ0n) is 25.6. The molecule has 1 saturated carbocycles. The summed E-state index contributed by atoms with van der Waals surface area (Å²) in [5.74, 6) is 1.01. The van der Waals surface area contributed by atoms with Gasteiger partial charge in [-0.3, -0.25) is 9.59 Å². The van der Waals surface area contributed by atoms with E-state index in [0.717, 1.165) is 38.5 Å². The number of rotatable bonds is 13. The van der Waals surface area contributed by atoms with Gasteiger partial charge in [-0.05, 0) is 109 Å². The molecule has 0 unspecified atom stereocenters. The largest absolute Gasteiger partial charge is 0.493 e. The summed E-state index contributed by atoms with van der Waals surface area (Å²) in [6.07, 6.45) is 5.13. The highest BCUT2D eigenvalue weighted by molar-refractivity contribution is 5.95. The summed E-state index contributed by atoms with van der Waals surface area (Å²) in [6, 6.07) is 13.8. The van der Waals surface area contributed by atoms with Gasteiger partial charge in [0.25, 0.3) is 5.91 Å². The Morgan fingerprint density at radius 1 is 0.884 bits per heavy atom. The van der Waals surface area contributed by atoms with Gasteiger partial charge in [-0.1, -0.05) is 0 Å². The molecule has 0 saturated heterocycles. The van der Waals surface area contributed by atoms with E-state index in [0.29, 0.717) is 54.4 Å². The average molecular weight is 594 g/mol. The molecule has 0 bridgehead atoms. The lowest BCUT2D eigenvalue weighted by atomic mass is 9.91. The molecule has 1 aliphatic carbocycles. The molecule has 43 heavy (non-hydrogen) atoms. The van der Waals surface area contributed by atoms with Crippen LogP contribution in [0.2, 0.25) is 0 Å². The molecule has 10 nitrogen and oxygen atoms in total. The van der Waals surface area contributed by atoms with Crippen molar-refractivity contribution in [3.05, 3.63) is 53.6 Å². The van der Waals surface area contributed by atoms with Gasteiger partial charge < -0.3 is 29.6 Å². The Labute approximate surface area is 254 Å². The van der Waals surface area contributed by atoms with Crippen LogP contribution >= 0.6 is 0 Å². The maximum Gasteiger partial charge on any atom is 0.407 e. The molecule has 3 rings (SSSR count). The first-order valence-corrected chi connectivity index (χ1v) is 15.0. The van der Waals surface area contributed by atoms with Crippen molar-refractivity contribution in [2.45, 2.75) is 96.7 Å². The van der Waals surface area contributed by atoms with Crippen molar-refractivity contribution in [1.29, 1.82) is 5.26 Å². The molecule has 1 aliphatic rings. The number of unbranched alkanes of at least 4 members (excludes halogenated alkanes) is 2. The Morgan fingerprint density at radius 3 is 2.16 bits per heavy atom. The number of ether oxygens (including phenoxy) is 4. The third-order valence-electron chi connectivity index (χ3n) is 6.74. The lowest BCUT2D eigenvalue weighted by Crippen LogP contribution is -2.45. The number of hydrogen-bond donors (Lipinski definition) is 2. The molecule has 2 amide bonds. The van der Waals surface area contributed by atoms with Gasteiger partial charge in [0.15, 0.2) is 0 Å². The van der Waals surface area contributed by atoms with Gasteiger partial charge in [-0.15, -0.1) is 0 Å². The molecule has 2 N–H and O–H groups in total. The van der Waals surface area contributed by atoms with E-state index in [-0.39, 0.29) is 24.0 Å². The van der Waals surface area contributed by atoms with Crippen molar-refractivity contribution in [3.8, 4) is 23.3 Å². The van der Waals surface area contributed by atoms with Gasteiger partial charge in [0.05, 0.1) is 24.8 Å². The summed E-state index contributed by atoms with van der Waals surface area (Å²) in [5, 5.41) is 15.1. The van der Waals surface area contributed by atoms with Crippen LogP contribution in [-0.2, 0) is 14.3 Å². The zero-order valence-corrected chi connectivity index (χ0v) is 25.6. The van der Waals surface area contributed by atoms with E-state index < -0.39 is 11.7 Å². The summed E-state index contributed by atoms with van der Waals surface area (Å²) in [4.78, 5) is 37.0. The van der Waals surface area contributed by atoms with Crippen LogP contribution in [0.1, 0.15) is 95.0 Å². The lowest BCUT2D eigenvalue weighted by Gasteiger charge is -2.30. The van der Waals surface area contributed by atoms with Crippen LogP contribution < -0.4 is 20.1 Å². The molecular weight excluding hydrogens is 550 g/mol. The minimum Gasteiger partial charge on any atom is -0.493 e. The standard InChI is InChI=1S/C33H43N3O7/c1-5-40-30(37)9-7-6-8-18-41-28-19-24(20-29(21-28)42-27-16-10-23(22-34)11-17-27)31(38)35-25-12-14-26(15-13-25)36-32(39)43-33(2,3)4/h10-11,16-17,19-21,25-26H,5-9,12-15,18H2,1-4H3,(H,35,38)(H,36,39). The molecule has 0 radical (unpaired) electrons. The van der Waals surface area contributed by atoms with Crippen LogP contribution in [0.15, 0.2) is 42.5 Å². The van der Waals surface area contributed by atoms with E-state index in [1.165, 1.54) is 0 Å². The van der Waals surface area contributed by atoms with Gasteiger partial charge in [0, 0.05) is 30.1 Å². The number of nitrogens with one attached hydrogen (secondary N) is 2. The van der Waals surface area contributed by atoms with Crippen LogP contribution in [0.3, 0.4) is 0 Å². The minimum atomic E-state index is -0.555. The fourth-order valence-corrected chi connectivity index (χ4v) is 4.68. The molecule has 232 valence electrons. The molecule has 1 fully saturated rings. The maximum absolute atomic E-state index is 13.3. The van der Waals surface area contributed by atoms with Crippen molar-refractivity contribution in [1.82, 2.24) is 10.6 Å². The average Bonchev–Trinajstić information content (AvgIpc) is 2.95. The molecule has 2 aromatic rings. The normalized spacial score (nSPS) is 16.3. The smallest absolute Gasteiger partial charge is 0.407 e. The number of esters is 1. The molecule has 0 atom stereocenters. The summed E-state index contributed by atoms with van der Waals surface area (Å²) in [7, 11) is 0. The Balaban J connectivity index is 1.59. The topological polar surface area (TPSA) is 136 Å². The lowest BCUT2D eigenvalue weighted by molar-refractivity contribution is -0.143. The second kappa shape index (κ2) is 16.4. The van der Waals surface area contributed by atoms with Crippen LogP contribution in [0.25, 0.3) is 0 Å². The number of alkyl carbamates (subject to hydrolysis) is 1. The SMILES string of the molecule is CCOC(=O)CCCCCOc1cc(Oc2ccc(C#N)cc2)cc(C(=O)NC2CCC(NC(=O)OC(C)(C)C)CC2)c1. The molecule has 0 aromatic heterocycles. The fourth-order valence-electron chi connectivity index (χ4n) is 4.68. The first kappa shape index (κ1) is 33.2. The Hall–Kier alpha value is -4.26. The number of benzene rings is 2. The van der Waals surface area contributed by atoms with Crippen molar-refractivity contribution < 1.29 is 33.3 Å². The molecule has 0 heterocycles. The highest BCUT2D eigenvalue weighted by atomic mass is 16.6. The van der Waals surface area contributed by atoms with Crippen LogP contribution in [0.5, 0.6) is 17.2 Å². The third-order valence-corrected chi connectivity index (χ3v) is 6.74. The second-order valence-corrected chi connectivity index (χ2v) is 11.6. The quantitative estimate of drug-likeness (QED) is 0.201. The van der Waals surface area contributed by atoms with Crippen LogP contribution in [0, 0.1) is 11.3 Å². The van der Waals surface area contributed by atoms with Crippen molar-refractivity contribution in [3.63, 3.8) is 0 Å². The van der Waals surface area contributed by atoms with E-state index in [1.807, 2.05) is 20.8 Å². The van der Waals surface area contributed by atoms with Crippen molar-refractivity contribution >= 4 is 18.0 Å². The van der Waals surface area contributed by atoms with Gasteiger partial charge >= 0.3 is 12.1 Å². The van der Waals surface area contributed by atoms with Gasteiger partial charge in [0.1, 0.15) is 22.8 Å². The fraction of sp³-hybridized carbons (Fsp3) is 0.515. The van der Waals surface area contributed by atoms with E-state index in [9.17, 15) is 14.4 Å². The number of carbonyl (C=O) groups excluding carboxylic acids is 3. The first-order chi connectivity index (χ1) is 20.5. The van der Waals surface area contributed by atoms with Crippen LogP contribution in [0.4, 0.5) is 4.79 Å². The van der Waals surface area contributed by atoms with Gasteiger partial charge in [0.2, 0.25) is 0 Å². The molecule has 0 aliphatic heterocycles. The Morgan fingerprint density at radius 2 is 1.53 bits per heavy atom. The maximum atomic E-state index is 13.3. The van der Waals surface area contributed by atoms with Gasteiger partial charge in [-0.25, -0.2) is 4.79 Å². The summed E-state index contributed by atoms with van der Waals surface area (Å²) >= 11 is 0. The Kier molecular flexibility index (Phi) is 12.7. The minimum absolute atomic E-state index is 0.00412. The van der Waals surface area contributed by atoms with E-state index in [4.69, 9.17) is 24.2 Å². The molecular formula is C33H43N3O7. The third kappa shape index (κ3) is 12.2. The molecule has 0 spiro atoms. The van der Waals surface area contributed by atoms with Crippen molar-refractivity contribution in [2.75, 3.05) is 13.2 Å². The zero-order chi connectivity index (χ0) is 31.2. The van der Waals surface area contributed by atoms with Crippen LogP contribution in [-0.4, -0.2) is 48.9 Å². The second-order valence-electron chi connectivity index (χ2n) is 11.6. The molecule has 2 aromatic carbocycles. The monoisotopic (exact) mass is 593 g/mol. The highest BCUT2D eigenvalue weighted by Gasteiger charge is 2.26. The number of amides is 2. The number of nitriles is 1. The number of carbonyl (C=O) groups is 3.